The van der Waals surface area contributed by atoms with Crippen LogP contribution >= 0.6 is 0 Å². The fraction of sp³-hybridized carbons (Fsp3) is 0.414. The Hall–Kier alpha value is -3.52. The van der Waals surface area contributed by atoms with Gasteiger partial charge in [0, 0.05) is 42.5 Å². The molecule has 2 saturated heterocycles. The fourth-order valence-electron chi connectivity index (χ4n) is 5.17. The van der Waals surface area contributed by atoms with Gasteiger partial charge < -0.3 is 19.4 Å². The van der Waals surface area contributed by atoms with E-state index in [1.807, 2.05) is 24.3 Å². The molecule has 5 rings (SSSR count). The summed E-state index contributed by atoms with van der Waals surface area (Å²) in [6.07, 6.45) is 7.77. The Bertz CT molecular complexity index is 1240. The van der Waals surface area contributed by atoms with E-state index in [0.29, 0.717) is 30.6 Å². The van der Waals surface area contributed by atoms with Crippen molar-refractivity contribution in [2.45, 2.75) is 32.1 Å². The van der Waals surface area contributed by atoms with Crippen LogP contribution in [-0.4, -0.2) is 72.5 Å². The Morgan fingerprint density at radius 1 is 0.946 bits per heavy atom. The Morgan fingerprint density at radius 3 is 2.49 bits per heavy atom. The first-order chi connectivity index (χ1) is 18.1. The number of fused-ring (bicyclic) bond motifs is 1. The van der Waals surface area contributed by atoms with Crippen molar-refractivity contribution in [2.24, 2.45) is 0 Å². The molecule has 37 heavy (non-hydrogen) atoms. The van der Waals surface area contributed by atoms with E-state index in [4.69, 9.17) is 4.74 Å². The zero-order valence-corrected chi connectivity index (χ0v) is 21.1. The van der Waals surface area contributed by atoms with Gasteiger partial charge in [-0.1, -0.05) is 18.9 Å². The second-order valence-corrected chi connectivity index (χ2v) is 9.72. The van der Waals surface area contributed by atoms with Crippen molar-refractivity contribution >= 4 is 28.4 Å². The number of benzene rings is 2. The molecule has 194 valence electrons. The van der Waals surface area contributed by atoms with Gasteiger partial charge in [0.2, 0.25) is 5.91 Å². The van der Waals surface area contributed by atoms with Crippen molar-refractivity contribution in [3.05, 3.63) is 66.1 Å². The monoisotopic (exact) mass is 504 g/mol. The number of halogens is 1. The average Bonchev–Trinajstić information content (AvgIpc) is 3.20. The quantitative estimate of drug-likeness (QED) is 0.443. The molecule has 0 bridgehead atoms. The number of carbonyl (C=O) groups excluding carboxylic acids is 2. The van der Waals surface area contributed by atoms with E-state index in [-0.39, 0.29) is 23.9 Å². The molecule has 0 unspecified atom stereocenters. The van der Waals surface area contributed by atoms with Crippen molar-refractivity contribution in [3.8, 4) is 5.75 Å². The van der Waals surface area contributed by atoms with E-state index in [1.54, 1.807) is 17.0 Å². The Labute approximate surface area is 216 Å². The Kier molecular flexibility index (Phi) is 7.94. The molecule has 0 spiro atoms. The molecular formula is C29H33FN4O3. The highest BCUT2D eigenvalue weighted by Crippen LogP contribution is 2.25. The summed E-state index contributed by atoms with van der Waals surface area (Å²) in [6, 6.07) is 13.6. The molecular weight excluding hydrogens is 471 g/mol. The Morgan fingerprint density at radius 2 is 1.73 bits per heavy atom. The summed E-state index contributed by atoms with van der Waals surface area (Å²) in [7, 11) is 0. The topological polar surface area (TPSA) is 66.0 Å². The molecule has 3 aromatic rings. The summed E-state index contributed by atoms with van der Waals surface area (Å²) in [6.45, 7) is 4.87. The SMILES string of the molecule is O=C(c1ccc(F)c2ncccc12)N1CCN(c2ccc(OCCCN3CCCCCC3)cc2)C(=O)C1. The predicted octanol–water partition coefficient (Wildman–Crippen LogP) is 4.51. The second kappa shape index (κ2) is 11.7. The number of ether oxygens (including phenoxy) is 1. The molecule has 0 saturated carbocycles. The zero-order valence-electron chi connectivity index (χ0n) is 21.1. The molecule has 0 radical (unpaired) electrons. The standard InChI is InChI=1S/C29H33FN4O3/c30-26-13-12-25(24-7-5-14-31-28(24)26)29(36)33-18-19-34(27(35)21-33)22-8-10-23(11-9-22)37-20-6-17-32-15-3-1-2-4-16-32/h5,7-14H,1-4,6,15-21H2. The molecule has 7 nitrogen and oxygen atoms in total. The molecule has 3 heterocycles. The van der Waals surface area contributed by atoms with Crippen LogP contribution in [0.4, 0.5) is 10.1 Å². The average molecular weight is 505 g/mol. The van der Waals surface area contributed by atoms with E-state index >= 15 is 0 Å². The summed E-state index contributed by atoms with van der Waals surface area (Å²) < 4.78 is 20.0. The van der Waals surface area contributed by atoms with Crippen LogP contribution in [-0.2, 0) is 4.79 Å². The largest absolute Gasteiger partial charge is 0.494 e. The first-order valence-corrected chi connectivity index (χ1v) is 13.2. The third kappa shape index (κ3) is 5.91. The van der Waals surface area contributed by atoms with Crippen LogP contribution in [0.1, 0.15) is 42.5 Å². The van der Waals surface area contributed by atoms with Crippen LogP contribution in [0.3, 0.4) is 0 Å². The van der Waals surface area contributed by atoms with Gasteiger partial charge in [-0.15, -0.1) is 0 Å². The fourth-order valence-corrected chi connectivity index (χ4v) is 5.17. The normalized spacial score (nSPS) is 17.2. The summed E-state index contributed by atoms with van der Waals surface area (Å²) in [5, 5.41) is 0.449. The minimum absolute atomic E-state index is 0.0350. The van der Waals surface area contributed by atoms with Gasteiger partial charge in [-0.2, -0.15) is 0 Å². The van der Waals surface area contributed by atoms with Gasteiger partial charge in [0.05, 0.1) is 6.61 Å². The molecule has 2 fully saturated rings. The maximum atomic E-state index is 14.1. The lowest BCUT2D eigenvalue weighted by Crippen LogP contribution is -2.52. The van der Waals surface area contributed by atoms with E-state index in [9.17, 15) is 14.0 Å². The van der Waals surface area contributed by atoms with Gasteiger partial charge in [0.1, 0.15) is 23.6 Å². The van der Waals surface area contributed by atoms with Gasteiger partial charge >= 0.3 is 0 Å². The number of amides is 2. The summed E-state index contributed by atoms with van der Waals surface area (Å²) in [5.74, 6) is -0.138. The van der Waals surface area contributed by atoms with E-state index in [2.05, 4.69) is 9.88 Å². The summed E-state index contributed by atoms with van der Waals surface area (Å²) >= 11 is 0. The maximum absolute atomic E-state index is 14.1. The highest BCUT2D eigenvalue weighted by molar-refractivity contribution is 6.08. The molecule has 8 heteroatoms. The van der Waals surface area contributed by atoms with Crippen molar-refractivity contribution < 1.29 is 18.7 Å². The van der Waals surface area contributed by atoms with Crippen LogP contribution in [0.2, 0.25) is 0 Å². The predicted molar refractivity (Wildman–Crippen MR) is 141 cm³/mol. The van der Waals surface area contributed by atoms with Gasteiger partial charge in [-0.05, 0) is 74.8 Å². The molecule has 1 aromatic heterocycles. The van der Waals surface area contributed by atoms with E-state index in [1.165, 1.54) is 62.0 Å². The lowest BCUT2D eigenvalue weighted by molar-refractivity contribution is -0.120. The number of hydrogen-bond acceptors (Lipinski definition) is 5. The molecule has 2 aliphatic heterocycles. The van der Waals surface area contributed by atoms with Crippen molar-refractivity contribution in [3.63, 3.8) is 0 Å². The number of carbonyl (C=O) groups is 2. The molecule has 2 aliphatic rings. The van der Waals surface area contributed by atoms with Crippen LogP contribution in [0.25, 0.3) is 10.9 Å². The van der Waals surface area contributed by atoms with Crippen LogP contribution in [0.15, 0.2) is 54.7 Å². The van der Waals surface area contributed by atoms with E-state index in [0.717, 1.165) is 24.4 Å². The van der Waals surface area contributed by atoms with Gasteiger partial charge in [-0.3, -0.25) is 14.6 Å². The van der Waals surface area contributed by atoms with Crippen LogP contribution in [0.5, 0.6) is 5.75 Å². The second-order valence-electron chi connectivity index (χ2n) is 9.72. The molecule has 0 atom stereocenters. The smallest absolute Gasteiger partial charge is 0.255 e. The first kappa shape index (κ1) is 25.1. The number of pyridine rings is 1. The van der Waals surface area contributed by atoms with Gasteiger partial charge in [0.25, 0.3) is 5.91 Å². The van der Waals surface area contributed by atoms with Crippen LogP contribution < -0.4 is 9.64 Å². The number of hydrogen-bond donors (Lipinski definition) is 0. The van der Waals surface area contributed by atoms with Gasteiger partial charge in [0.15, 0.2) is 0 Å². The first-order valence-electron chi connectivity index (χ1n) is 13.2. The number of likely N-dealkylation sites (tertiary alicyclic amines) is 1. The number of anilines is 1. The highest BCUT2D eigenvalue weighted by atomic mass is 19.1. The maximum Gasteiger partial charge on any atom is 0.255 e. The minimum Gasteiger partial charge on any atom is -0.494 e. The van der Waals surface area contributed by atoms with Crippen molar-refractivity contribution in [2.75, 3.05) is 50.8 Å². The Balaban J connectivity index is 1.14. The van der Waals surface area contributed by atoms with Gasteiger partial charge in [-0.25, -0.2) is 4.39 Å². The van der Waals surface area contributed by atoms with Crippen molar-refractivity contribution in [1.82, 2.24) is 14.8 Å². The number of aromatic nitrogens is 1. The zero-order chi connectivity index (χ0) is 25.6. The van der Waals surface area contributed by atoms with Crippen molar-refractivity contribution in [1.29, 1.82) is 0 Å². The number of rotatable bonds is 7. The summed E-state index contributed by atoms with van der Waals surface area (Å²) in [4.78, 5) is 35.9. The third-order valence-electron chi connectivity index (χ3n) is 7.19. The number of nitrogens with zero attached hydrogens (tertiary/aromatic N) is 4. The van der Waals surface area contributed by atoms with E-state index < -0.39 is 5.82 Å². The lowest BCUT2D eigenvalue weighted by Gasteiger charge is -2.34. The third-order valence-corrected chi connectivity index (χ3v) is 7.19. The molecule has 2 aromatic carbocycles. The highest BCUT2D eigenvalue weighted by Gasteiger charge is 2.29. The van der Waals surface area contributed by atoms with Crippen LogP contribution in [0, 0.1) is 5.82 Å². The molecule has 2 amide bonds. The molecule has 0 N–H and O–H groups in total. The minimum atomic E-state index is -0.474. The lowest BCUT2D eigenvalue weighted by atomic mass is 10.1. The summed E-state index contributed by atoms with van der Waals surface area (Å²) in [5.41, 5.74) is 1.29. The number of piperazine rings is 1. The molecule has 0 aliphatic carbocycles.